The smallest absolute Gasteiger partial charge is 0.335 e. The second-order valence-corrected chi connectivity index (χ2v) is 3.92. The Kier molecular flexibility index (Phi) is 3.15. The molecule has 0 aliphatic carbocycles. The van der Waals surface area contributed by atoms with Crippen molar-refractivity contribution < 1.29 is 14.7 Å². The number of nitrogens with zero attached hydrogens (tertiary/aromatic N) is 2. The van der Waals surface area contributed by atoms with Crippen molar-refractivity contribution in [2.45, 2.75) is 0 Å². The first-order valence-electron chi connectivity index (χ1n) is 5.41. The number of amides is 1. The molecule has 2 N–H and O–H groups in total. The van der Waals surface area contributed by atoms with Crippen molar-refractivity contribution in [2.75, 3.05) is 24.5 Å². The molecule has 6 heteroatoms. The summed E-state index contributed by atoms with van der Waals surface area (Å²) in [5.74, 6) is -1.18. The molecule has 0 radical (unpaired) electrons. The lowest BCUT2D eigenvalue weighted by molar-refractivity contribution is -0.120. The number of nitrogens with one attached hydrogen (secondary N) is 1. The van der Waals surface area contributed by atoms with Crippen LogP contribution in [0.1, 0.15) is 15.9 Å². The number of carboxylic acids is 1. The minimum absolute atomic E-state index is 0.0664. The fourth-order valence-electron chi connectivity index (χ4n) is 1.88. The molecule has 0 spiro atoms. The summed E-state index contributed by atoms with van der Waals surface area (Å²) in [6.07, 6.45) is 0. The molecule has 1 aromatic rings. The Morgan fingerprint density at radius 1 is 1.50 bits per heavy atom. The highest BCUT2D eigenvalue weighted by molar-refractivity contribution is 5.89. The number of nitriles is 1. The van der Waals surface area contributed by atoms with Crippen LogP contribution in [0.3, 0.4) is 0 Å². The van der Waals surface area contributed by atoms with E-state index in [1.54, 1.807) is 11.0 Å². The Morgan fingerprint density at radius 3 is 2.89 bits per heavy atom. The van der Waals surface area contributed by atoms with Crippen LogP contribution in [-0.4, -0.2) is 36.6 Å². The molecule has 1 fully saturated rings. The minimum atomic E-state index is -1.07. The summed E-state index contributed by atoms with van der Waals surface area (Å²) in [5.41, 5.74) is 0.929. The third-order valence-corrected chi connectivity index (χ3v) is 2.74. The molecule has 1 saturated heterocycles. The molecule has 0 atom stereocenters. The largest absolute Gasteiger partial charge is 0.478 e. The zero-order valence-corrected chi connectivity index (χ0v) is 9.51. The fourth-order valence-corrected chi connectivity index (χ4v) is 1.88. The number of hydrogen-bond donors (Lipinski definition) is 2. The Morgan fingerprint density at radius 2 is 2.28 bits per heavy atom. The average molecular weight is 245 g/mol. The number of anilines is 1. The summed E-state index contributed by atoms with van der Waals surface area (Å²) in [7, 11) is 0. The van der Waals surface area contributed by atoms with Crippen molar-refractivity contribution in [1.29, 1.82) is 5.26 Å². The quantitative estimate of drug-likeness (QED) is 0.776. The van der Waals surface area contributed by atoms with E-state index in [0.717, 1.165) is 0 Å². The van der Waals surface area contributed by atoms with Gasteiger partial charge in [-0.1, -0.05) is 0 Å². The number of carbonyl (C=O) groups excluding carboxylic acids is 1. The van der Waals surface area contributed by atoms with Gasteiger partial charge in [-0.15, -0.1) is 0 Å². The lowest BCUT2D eigenvalue weighted by Crippen LogP contribution is -2.47. The summed E-state index contributed by atoms with van der Waals surface area (Å²) in [4.78, 5) is 23.9. The molecule has 0 bridgehead atoms. The van der Waals surface area contributed by atoms with Gasteiger partial charge in [0.25, 0.3) is 0 Å². The van der Waals surface area contributed by atoms with Crippen molar-refractivity contribution in [3.8, 4) is 6.07 Å². The second-order valence-electron chi connectivity index (χ2n) is 3.92. The summed E-state index contributed by atoms with van der Waals surface area (Å²) in [5, 5.41) is 20.6. The number of aromatic carboxylic acids is 1. The minimum Gasteiger partial charge on any atom is -0.478 e. The topological polar surface area (TPSA) is 93.4 Å². The predicted molar refractivity (Wildman–Crippen MR) is 63.3 cm³/mol. The molecule has 92 valence electrons. The van der Waals surface area contributed by atoms with Crippen molar-refractivity contribution in [3.05, 3.63) is 29.3 Å². The van der Waals surface area contributed by atoms with Crippen LogP contribution < -0.4 is 10.2 Å². The molecule has 6 nitrogen and oxygen atoms in total. The average Bonchev–Trinajstić information content (AvgIpc) is 2.37. The molecule has 1 aliphatic rings. The summed E-state index contributed by atoms with van der Waals surface area (Å²) >= 11 is 0. The van der Waals surface area contributed by atoms with Crippen molar-refractivity contribution in [3.63, 3.8) is 0 Å². The van der Waals surface area contributed by atoms with Crippen LogP contribution in [0.15, 0.2) is 18.2 Å². The first kappa shape index (κ1) is 11.9. The molecule has 1 aromatic carbocycles. The molecule has 0 saturated carbocycles. The van der Waals surface area contributed by atoms with E-state index in [0.29, 0.717) is 18.8 Å². The molecule has 1 heterocycles. The molecular weight excluding hydrogens is 234 g/mol. The summed E-state index contributed by atoms with van der Waals surface area (Å²) in [6.45, 7) is 1.30. The van der Waals surface area contributed by atoms with E-state index < -0.39 is 5.97 Å². The van der Waals surface area contributed by atoms with Crippen LogP contribution in [0.4, 0.5) is 5.69 Å². The third-order valence-electron chi connectivity index (χ3n) is 2.74. The normalized spacial score (nSPS) is 14.8. The number of rotatable bonds is 2. The lowest BCUT2D eigenvalue weighted by atomic mass is 10.1. The van der Waals surface area contributed by atoms with Gasteiger partial charge in [0.05, 0.1) is 23.4 Å². The van der Waals surface area contributed by atoms with Crippen LogP contribution in [0.5, 0.6) is 0 Å². The number of hydrogen-bond acceptors (Lipinski definition) is 4. The number of carbonyl (C=O) groups is 2. The maximum Gasteiger partial charge on any atom is 0.335 e. The van der Waals surface area contributed by atoms with Gasteiger partial charge < -0.3 is 15.3 Å². The third kappa shape index (κ3) is 2.25. The van der Waals surface area contributed by atoms with Gasteiger partial charge >= 0.3 is 5.97 Å². The Labute approximate surface area is 103 Å². The van der Waals surface area contributed by atoms with Gasteiger partial charge in [-0.3, -0.25) is 4.79 Å². The van der Waals surface area contributed by atoms with Gasteiger partial charge in [0.15, 0.2) is 0 Å². The van der Waals surface area contributed by atoms with Gasteiger partial charge in [-0.05, 0) is 18.2 Å². The van der Waals surface area contributed by atoms with E-state index in [1.165, 1.54) is 12.1 Å². The van der Waals surface area contributed by atoms with Gasteiger partial charge in [-0.25, -0.2) is 4.79 Å². The van der Waals surface area contributed by atoms with Crippen LogP contribution in [0.25, 0.3) is 0 Å². The highest BCUT2D eigenvalue weighted by atomic mass is 16.4. The number of carboxylic acid groups (broad SMARTS) is 1. The van der Waals surface area contributed by atoms with Crippen LogP contribution in [0, 0.1) is 11.3 Å². The highest BCUT2D eigenvalue weighted by Crippen LogP contribution is 2.22. The highest BCUT2D eigenvalue weighted by Gasteiger charge is 2.19. The molecule has 1 aliphatic heterocycles. The second kappa shape index (κ2) is 4.75. The van der Waals surface area contributed by atoms with Crippen LogP contribution >= 0.6 is 0 Å². The van der Waals surface area contributed by atoms with Crippen molar-refractivity contribution in [1.82, 2.24) is 5.32 Å². The zero-order valence-electron chi connectivity index (χ0n) is 9.51. The Hall–Kier alpha value is -2.55. The predicted octanol–water partition coefficient (Wildman–Crippen LogP) is 0.193. The van der Waals surface area contributed by atoms with E-state index in [9.17, 15) is 9.59 Å². The molecular formula is C12H11N3O3. The van der Waals surface area contributed by atoms with Crippen molar-refractivity contribution >= 4 is 17.6 Å². The monoisotopic (exact) mass is 245 g/mol. The number of piperazine rings is 1. The Balaban J connectivity index is 2.36. The Bertz CT molecular complexity index is 548. The van der Waals surface area contributed by atoms with Crippen molar-refractivity contribution in [2.24, 2.45) is 0 Å². The summed E-state index contributed by atoms with van der Waals surface area (Å²) < 4.78 is 0. The van der Waals surface area contributed by atoms with E-state index in [2.05, 4.69) is 5.32 Å². The van der Waals surface area contributed by atoms with E-state index >= 15 is 0 Å². The summed E-state index contributed by atoms with van der Waals surface area (Å²) in [6, 6.07) is 6.30. The lowest BCUT2D eigenvalue weighted by Gasteiger charge is -2.29. The first-order chi connectivity index (χ1) is 8.61. The van der Waals surface area contributed by atoms with E-state index in [-0.39, 0.29) is 23.6 Å². The standard InChI is InChI=1S/C12H11N3O3/c13-6-9-5-8(12(17)18)1-2-10(9)15-4-3-14-11(16)7-15/h1-2,5H,3-4,7H2,(H,14,16)(H,17,18). The maximum atomic E-state index is 11.3. The molecule has 18 heavy (non-hydrogen) atoms. The zero-order chi connectivity index (χ0) is 13.1. The van der Waals surface area contributed by atoms with Crippen LogP contribution in [-0.2, 0) is 4.79 Å². The molecule has 1 amide bonds. The fraction of sp³-hybridized carbons (Fsp3) is 0.250. The molecule has 0 unspecified atom stereocenters. The molecule has 2 rings (SSSR count). The molecule has 0 aromatic heterocycles. The van der Waals surface area contributed by atoms with Crippen LogP contribution in [0.2, 0.25) is 0 Å². The maximum absolute atomic E-state index is 11.3. The van der Waals surface area contributed by atoms with E-state index in [1.807, 2.05) is 6.07 Å². The first-order valence-corrected chi connectivity index (χ1v) is 5.41. The SMILES string of the molecule is N#Cc1cc(C(=O)O)ccc1N1CCNC(=O)C1. The van der Waals surface area contributed by atoms with Gasteiger partial charge in [0.2, 0.25) is 5.91 Å². The van der Waals surface area contributed by atoms with Gasteiger partial charge in [0.1, 0.15) is 6.07 Å². The van der Waals surface area contributed by atoms with E-state index in [4.69, 9.17) is 10.4 Å². The van der Waals surface area contributed by atoms with Gasteiger partial charge in [0, 0.05) is 13.1 Å². The number of benzene rings is 1. The van der Waals surface area contributed by atoms with Gasteiger partial charge in [-0.2, -0.15) is 5.26 Å².